The number of fused-ring (bicyclic) bond motifs is 1. The average molecular weight is 861 g/mol. The highest BCUT2D eigenvalue weighted by Gasteiger charge is 2.64. The summed E-state index contributed by atoms with van der Waals surface area (Å²) in [6.07, 6.45) is -2.17. The van der Waals surface area contributed by atoms with Crippen LogP contribution >= 0.6 is 0 Å². The lowest BCUT2D eigenvalue weighted by molar-refractivity contribution is -0.298. The van der Waals surface area contributed by atoms with Gasteiger partial charge in [-0.2, -0.15) is 0 Å². The lowest BCUT2D eigenvalue weighted by Crippen LogP contribution is -2.59. The Morgan fingerprint density at radius 3 is 2.21 bits per heavy atom. The number of amides is 2. The minimum atomic E-state index is -1.56. The van der Waals surface area contributed by atoms with Gasteiger partial charge in [-0.25, -0.2) is 4.79 Å². The molecule has 2 amide bonds. The first kappa shape index (κ1) is 46.7. The van der Waals surface area contributed by atoms with E-state index in [4.69, 9.17) is 28.4 Å². The Bertz CT molecular complexity index is 1760. The smallest absolute Gasteiger partial charge is 0.338 e. The molecule has 4 fully saturated rings. The van der Waals surface area contributed by atoms with E-state index < -0.39 is 116 Å². The summed E-state index contributed by atoms with van der Waals surface area (Å²) in [6, 6.07) is 4.17. The van der Waals surface area contributed by atoms with Crippen molar-refractivity contribution in [3.05, 3.63) is 53.1 Å². The molecule has 18 heteroatoms. The van der Waals surface area contributed by atoms with Gasteiger partial charge in [-0.15, -0.1) is 0 Å². The minimum Gasteiger partial charge on any atom is -0.460 e. The number of rotatable bonds is 18. The Balaban J connectivity index is 1.09. The minimum absolute atomic E-state index is 0.0485. The van der Waals surface area contributed by atoms with Gasteiger partial charge in [0, 0.05) is 30.3 Å². The van der Waals surface area contributed by atoms with Crippen LogP contribution in [0, 0.1) is 11.8 Å². The van der Waals surface area contributed by atoms with Crippen molar-refractivity contribution in [1.29, 1.82) is 0 Å². The number of hydrogen-bond acceptors (Lipinski definition) is 16. The molecular formula is C43H60N2O16. The number of aliphatic hydroxyl groups is 6. The Morgan fingerprint density at radius 1 is 0.951 bits per heavy atom. The third-order valence-corrected chi connectivity index (χ3v) is 11.4. The molecule has 8 N–H and O–H groups in total. The molecule has 5 aliphatic rings. The summed E-state index contributed by atoms with van der Waals surface area (Å²) in [5.74, 6) is -3.15. The zero-order valence-electron chi connectivity index (χ0n) is 34.9. The van der Waals surface area contributed by atoms with Crippen molar-refractivity contribution >= 4 is 29.8 Å². The second kappa shape index (κ2) is 19.7. The van der Waals surface area contributed by atoms with Crippen LogP contribution in [0.3, 0.4) is 0 Å². The van der Waals surface area contributed by atoms with E-state index in [0.717, 1.165) is 25.7 Å². The third kappa shape index (κ3) is 11.6. The van der Waals surface area contributed by atoms with Crippen molar-refractivity contribution in [2.45, 2.75) is 151 Å². The van der Waals surface area contributed by atoms with Crippen molar-refractivity contribution < 1.29 is 78.2 Å². The van der Waals surface area contributed by atoms with Crippen molar-refractivity contribution in [3.63, 3.8) is 0 Å². The van der Waals surface area contributed by atoms with Gasteiger partial charge >= 0.3 is 11.9 Å². The van der Waals surface area contributed by atoms with Crippen LogP contribution in [-0.2, 0) is 42.8 Å². The van der Waals surface area contributed by atoms with Gasteiger partial charge in [-0.3, -0.25) is 14.4 Å². The molecule has 11 atom stereocenters. The first-order chi connectivity index (χ1) is 28.9. The highest BCUT2D eigenvalue weighted by Crippen LogP contribution is 2.59. The molecule has 0 spiro atoms. The first-order valence-electron chi connectivity index (χ1n) is 21.0. The van der Waals surface area contributed by atoms with Crippen molar-refractivity contribution in [2.75, 3.05) is 19.8 Å². The van der Waals surface area contributed by atoms with Crippen LogP contribution in [0.4, 0.5) is 0 Å². The molecule has 2 heterocycles. The van der Waals surface area contributed by atoms with E-state index in [-0.39, 0.29) is 48.8 Å². The van der Waals surface area contributed by atoms with Crippen molar-refractivity contribution in [3.8, 4) is 0 Å². The quantitative estimate of drug-likeness (QED) is 0.0913. The molecule has 3 aliphatic carbocycles. The molecule has 1 aromatic carbocycles. The van der Waals surface area contributed by atoms with E-state index in [1.165, 1.54) is 6.92 Å². The van der Waals surface area contributed by atoms with Crippen molar-refractivity contribution in [2.24, 2.45) is 11.8 Å². The Kier molecular flexibility index (Phi) is 15.1. The van der Waals surface area contributed by atoms with Gasteiger partial charge in [-0.05, 0) is 83.6 Å². The number of benzene rings is 1. The van der Waals surface area contributed by atoms with Crippen LogP contribution in [-0.4, -0.2) is 153 Å². The average Bonchev–Trinajstić information content (AvgIpc) is 4.17. The second-order valence-electron chi connectivity index (χ2n) is 17.5. The fourth-order valence-electron chi connectivity index (χ4n) is 7.87. The van der Waals surface area contributed by atoms with Crippen LogP contribution in [0.2, 0.25) is 0 Å². The summed E-state index contributed by atoms with van der Waals surface area (Å²) < 4.78 is 35.5. The molecular weight excluding hydrogens is 800 g/mol. The van der Waals surface area contributed by atoms with Gasteiger partial charge < -0.3 is 69.7 Å². The molecule has 0 unspecified atom stereocenters. The number of hydrogen-bond donors (Lipinski definition) is 8. The van der Waals surface area contributed by atoms with E-state index in [1.807, 2.05) is 0 Å². The maximum atomic E-state index is 13.9. The molecule has 0 aromatic heterocycles. The molecule has 6 rings (SSSR count). The van der Waals surface area contributed by atoms with Crippen LogP contribution < -0.4 is 10.6 Å². The summed E-state index contributed by atoms with van der Waals surface area (Å²) in [7, 11) is 0. The third-order valence-electron chi connectivity index (χ3n) is 11.4. The summed E-state index contributed by atoms with van der Waals surface area (Å²) in [5, 5.41) is 65.2. The highest BCUT2D eigenvalue weighted by atomic mass is 16.8. The topological polar surface area (TPSA) is 269 Å². The lowest BCUT2D eigenvalue weighted by atomic mass is 9.91. The molecule has 0 bridgehead atoms. The normalized spacial score (nSPS) is 30.1. The Hall–Kier alpha value is -3.82. The van der Waals surface area contributed by atoms with E-state index >= 15 is 0 Å². The standard InChI is InChI=1S/C43H60N2O16/c1-22(48)33(39(54)44-28(20-46)15-16-32(49)60-42(2,3)4)45-38(53)25-18-29(37-30(19-25)59-43(61-37,26-11-12-26)27-13-14-27)57-40(55)24-9-7-23(8-10-24)6-5-17-56-41-36(52)35(51)34(50)31(21-47)58-41/h5-10,19,22,26-31,33-37,41,46-48,50-52H,11-18,20-21H2,1-4H3,(H,44,54)(H,45,53)/t22-,28-,29+,30+,31+,33+,34-,35-,36+,37-,41-/m0/s1. The molecule has 338 valence electrons. The maximum absolute atomic E-state index is 13.9. The molecule has 1 aromatic rings. The largest absolute Gasteiger partial charge is 0.460 e. The van der Waals surface area contributed by atoms with Crippen LogP contribution in [0.1, 0.15) is 88.6 Å². The van der Waals surface area contributed by atoms with Crippen LogP contribution in [0.5, 0.6) is 0 Å². The number of esters is 2. The molecule has 2 saturated carbocycles. The summed E-state index contributed by atoms with van der Waals surface area (Å²) in [6.45, 7) is 5.39. The summed E-state index contributed by atoms with van der Waals surface area (Å²) in [5.41, 5.74) is 0.365. The van der Waals surface area contributed by atoms with E-state index in [0.29, 0.717) is 5.56 Å². The number of nitrogens with one attached hydrogen (secondary N) is 2. The van der Waals surface area contributed by atoms with E-state index in [9.17, 15) is 49.8 Å². The summed E-state index contributed by atoms with van der Waals surface area (Å²) in [4.78, 5) is 53.1. The predicted molar refractivity (Wildman–Crippen MR) is 213 cm³/mol. The molecule has 18 nitrogen and oxygen atoms in total. The Morgan fingerprint density at radius 2 is 1.62 bits per heavy atom. The molecule has 0 radical (unpaired) electrons. The van der Waals surface area contributed by atoms with Gasteiger partial charge in [0.15, 0.2) is 12.1 Å². The summed E-state index contributed by atoms with van der Waals surface area (Å²) >= 11 is 0. The number of carbonyl (C=O) groups excluding carboxylic acids is 4. The van der Waals surface area contributed by atoms with Gasteiger partial charge in [0.1, 0.15) is 54.4 Å². The van der Waals surface area contributed by atoms with Gasteiger partial charge in [0.05, 0.1) is 37.5 Å². The maximum Gasteiger partial charge on any atom is 0.338 e. The molecule has 2 saturated heterocycles. The van der Waals surface area contributed by atoms with Crippen LogP contribution in [0.15, 0.2) is 42.0 Å². The highest BCUT2D eigenvalue weighted by molar-refractivity contribution is 5.97. The number of ether oxygens (including phenoxy) is 6. The second-order valence-corrected chi connectivity index (χ2v) is 17.5. The molecule has 2 aliphatic heterocycles. The predicted octanol–water partition coefficient (Wildman–Crippen LogP) is 0.137. The first-order valence-corrected chi connectivity index (χ1v) is 21.0. The van der Waals surface area contributed by atoms with E-state index in [2.05, 4.69) is 10.6 Å². The van der Waals surface area contributed by atoms with Gasteiger partial charge in [0.25, 0.3) is 0 Å². The van der Waals surface area contributed by atoms with Crippen molar-refractivity contribution in [1.82, 2.24) is 10.6 Å². The fourth-order valence-corrected chi connectivity index (χ4v) is 7.87. The SMILES string of the molecule is C[C@H](O)[C@@H](NC(=O)C1=C[C@H]2OC(C3CC3)(C3CC3)O[C@H]2[C@H](OC(=O)c2ccc(C=CCO[C@H]3O[C@H](CO)[C@H](O)[C@H](O)[C@H]3O)cc2)C1)C(=O)N[C@H](CO)CCC(=O)OC(C)(C)C. The number of aliphatic hydroxyl groups excluding tert-OH is 6. The van der Waals surface area contributed by atoms with Crippen LogP contribution in [0.25, 0.3) is 6.08 Å². The van der Waals surface area contributed by atoms with Gasteiger partial charge in [-0.1, -0.05) is 24.3 Å². The van der Waals surface area contributed by atoms with Gasteiger partial charge in [0.2, 0.25) is 11.8 Å². The molecule has 61 heavy (non-hydrogen) atoms. The zero-order valence-corrected chi connectivity index (χ0v) is 34.9. The lowest BCUT2D eigenvalue weighted by Gasteiger charge is -2.39. The number of carbonyl (C=O) groups is 4. The van der Waals surface area contributed by atoms with E-state index in [1.54, 1.807) is 63.3 Å². The monoisotopic (exact) mass is 860 g/mol. The Labute approximate surface area is 354 Å². The zero-order chi connectivity index (χ0) is 44.2. The fraction of sp³-hybridized carbons (Fsp3) is 0.674.